The Kier molecular flexibility index (Phi) is 5.76. The largest absolute Gasteiger partial charge is 0.322 e. The van der Waals surface area contributed by atoms with Gasteiger partial charge >= 0.3 is 0 Å². The monoisotopic (exact) mass is 365 g/mol. The number of amides is 1. The first kappa shape index (κ1) is 18.4. The molecule has 2 atom stereocenters. The molecule has 0 aromatic heterocycles. The third-order valence-electron chi connectivity index (χ3n) is 5.21. The van der Waals surface area contributed by atoms with E-state index in [1.807, 2.05) is 0 Å². The van der Waals surface area contributed by atoms with Crippen LogP contribution in [-0.4, -0.2) is 68.3 Å². The predicted octanol–water partition coefficient (Wildman–Crippen LogP) is 1.09. The van der Waals surface area contributed by atoms with Gasteiger partial charge in [-0.3, -0.25) is 9.69 Å². The Morgan fingerprint density at radius 1 is 1.20 bits per heavy atom. The molecule has 2 fully saturated rings. The van der Waals surface area contributed by atoms with Gasteiger partial charge < -0.3 is 10.2 Å². The molecule has 3 rings (SSSR count). The number of nitrogens with one attached hydrogen (secondary N) is 1. The number of benzene rings is 1. The van der Waals surface area contributed by atoms with Crippen molar-refractivity contribution < 1.29 is 13.2 Å². The summed E-state index contributed by atoms with van der Waals surface area (Å²) in [4.78, 5) is 17.3. The average molecular weight is 365 g/mol. The summed E-state index contributed by atoms with van der Waals surface area (Å²) < 4.78 is 26.2. The van der Waals surface area contributed by atoms with Crippen molar-refractivity contribution >= 4 is 15.7 Å². The van der Waals surface area contributed by atoms with Gasteiger partial charge in [-0.1, -0.05) is 31.5 Å². The third kappa shape index (κ3) is 3.73. The van der Waals surface area contributed by atoms with E-state index in [0.717, 1.165) is 32.4 Å². The lowest BCUT2D eigenvalue weighted by Gasteiger charge is -2.41. The average Bonchev–Trinajstić information content (AvgIpc) is 2.68. The van der Waals surface area contributed by atoms with Gasteiger partial charge in [-0.15, -0.1) is 0 Å². The van der Waals surface area contributed by atoms with Crippen LogP contribution in [0.25, 0.3) is 0 Å². The molecule has 1 aromatic rings. The first-order valence-corrected chi connectivity index (χ1v) is 10.6. The van der Waals surface area contributed by atoms with Crippen LogP contribution in [0.1, 0.15) is 26.2 Å². The molecule has 1 unspecified atom stereocenters. The zero-order chi connectivity index (χ0) is 17.9. The Labute approximate surface area is 150 Å². The number of piperidine rings is 1. The highest BCUT2D eigenvalue weighted by Crippen LogP contribution is 2.24. The number of likely N-dealkylation sites (N-methyl/N-ethyl adjacent to an activating group) is 1. The molecule has 6 nitrogen and oxygen atoms in total. The van der Waals surface area contributed by atoms with Gasteiger partial charge in [-0.2, -0.15) is 0 Å². The molecule has 0 spiro atoms. The molecule has 2 aliphatic rings. The minimum absolute atomic E-state index is 0.0347. The van der Waals surface area contributed by atoms with Crippen LogP contribution in [0.15, 0.2) is 35.2 Å². The van der Waals surface area contributed by atoms with Crippen molar-refractivity contribution in [2.75, 3.05) is 32.7 Å². The summed E-state index contributed by atoms with van der Waals surface area (Å²) in [6.07, 6.45) is 2.94. The molecule has 2 saturated heterocycles. The van der Waals surface area contributed by atoms with E-state index in [2.05, 4.69) is 17.1 Å². The maximum atomic E-state index is 13.2. The lowest BCUT2D eigenvalue weighted by atomic mass is 10.0. The molecule has 1 aromatic carbocycles. The molecule has 0 radical (unpaired) electrons. The number of nitrogens with zero attached hydrogens (tertiary/aromatic N) is 2. The Hall–Kier alpha value is -1.44. The lowest BCUT2D eigenvalue weighted by Crippen LogP contribution is -2.61. The zero-order valence-electron chi connectivity index (χ0n) is 14.7. The van der Waals surface area contributed by atoms with Crippen molar-refractivity contribution in [2.45, 2.75) is 42.5 Å². The van der Waals surface area contributed by atoms with Crippen LogP contribution in [0.2, 0.25) is 0 Å². The van der Waals surface area contributed by atoms with Crippen molar-refractivity contribution in [1.29, 1.82) is 0 Å². The van der Waals surface area contributed by atoms with E-state index in [4.69, 9.17) is 0 Å². The Morgan fingerprint density at radius 3 is 2.68 bits per heavy atom. The molecule has 2 heterocycles. The Bertz CT molecular complexity index is 693. The maximum absolute atomic E-state index is 13.2. The second kappa shape index (κ2) is 7.85. The molecule has 138 valence electrons. The summed E-state index contributed by atoms with van der Waals surface area (Å²) in [6.45, 7) is 5.13. The molecule has 0 saturated carbocycles. The second-order valence-corrected chi connectivity index (χ2v) is 8.79. The fraction of sp³-hybridized carbons (Fsp3) is 0.611. The van der Waals surface area contributed by atoms with E-state index in [9.17, 15) is 13.2 Å². The van der Waals surface area contributed by atoms with Gasteiger partial charge in [0.05, 0.1) is 10.9 Å². The van der Waals surface area contributed by atoms with Crippen LogP contribution >= 0.6 is 0 Å². The SMILES string of the molecule is CCN1CCCC[C@H]1C(=O)N1CCNCC1S(=O)(=O)c1ccccc1. The Morgan fingerprint density at radius 2 is 1.96 bits per heavy atom. The normalized spacial score (nSPS) is 25.7. The molecule has 25 heavy (non-hydrogen) atoms. The molecule has 0 bridgehead atoms. The molecule has 1 N–H and O–H groups in total. The van der Waals surface area contributed by atoms with Crippen LogP contribution in [0.4, 0.5) is 0 Å². The smallest absolute Gasteiger partial charge is 0.241 e. The minimum atomic E-state index is -3.60. The van der Waals surface area contributed by atoms with E-state index in [0.29, 0.717) is 13.1 Å². The number of carbonyl (C=O) groups is 1. The van der Waals surface area contributed by atoms with Crippen molar-refractivity contribution in [3.05, 3.63) is 30.3 Å². The first-order valence-electron chi connectivity index (χ1n) is 9.10. The summed E-state index contributed by atoms with van der Waals surface area (Å²) in [5.74, 6) is -0.0347. The highest BCUT2D eigenvalue weighted by atomic mass is 32.2. The third-order valence-corrected chi connectivity index (χ3v) is 7.28. The Balaban J connectivity index is 1.87. The van der Waals surface area contributed by atoms with Crippen molar-refractivity contribution in [2.24, 2.45) is 0 Å². The molecular formula is C18H27N3O3S. The molecule has 0 aliphatic carbocycles. The van der Waals surface area contributed by atoms with Crippen LogP contribution in [0.5, 0.6) is 0 Å². The van der Waals surface area contributed by atoms with Crippen molar-refractivity contribution in [3.63, 3.8) is 0 Å². The number of likely N-dealkylation sites (tertiary alicyclic amines) is 1. The van der Waals surface area contributed by atoms with Crippen LogP contribution in [0, 0.1) is 0 Å². The molecule has 7 heteroatoms. The molecule has 2 aliphatic heterocycles. The topological polar surface area (TPSA) is 69.7 Å². The summed E-state index contributed by atoms with van der Waals surface area (Å²) in [5.41, 5.74) is 0. The van der Waals surface area contributed by atoms with Gasteiger partial charge in [0.25, 0.3) is 0 Å². The van der Waals surface area contributed by atoms with Gasteiger partial charge in [0, 0.05) is 19.6 Å². The minimum Gasteiger partial charge on any atom is -0.322 e. The van der Waals surface area contributed by atoms with Gasteiger partial charge in [-0.05, 0) is 38.1 Å². The highest BCUT2D eigenvalue weighted by molar-refractivity contribution is 7.92. The predicted molar refractivity (Wildman–Crippen MR) is 96.9 cm³/mol. The van der Waals surface area contributed by atoms with Gasteiger partial charge in [0.1, 0.15) is 0 Å². The van der Waals surface area contributed by atoms with Gasteiger partial charge in [0.15, 0.2) is 5.37 Å². The molecular weight excluding hydrogens is 338 g/mol. The number of rotatable bonds is 4. The number of hydrogen-bond acceptors (Lipinski definition) is 5. The lowest BCUT2D eigenvalue weighted by molar-refractivity contribution is -0.139. The van der Waals surface area contributed by atoms with Crippen LogP contribution < -0.4 is 5.32 Å². The van der Waals surface area contributed by atoms with E-state index in [-0.39, 0.29) is 23.4 Å². The van der Waals surface area contributed by atoms with E-state index in [1.54, 1.807) is 35.2 Å². The summed E-state index contributed by atoms with van der Waals surface area (Å²) in [5, 5.41) is 2.30. The summed E-state index contributed by atoms with van der Waals surface area (Å²) in [6, 6.07) is 8.24. The van der Waals surface area contributed by atoms with E-state index >= 15 is 0 Å². The zero-order valence-corrected chi connectivity index (χ0v) is 15.5. The fourth-order valence-corrected chi connectivity index (χ4v) is 5.55. The molecule has 1 amide bonds. The fourth-order valence-electron chi connectivity index (χ4n) is 3.82. The number of hydrogen-bond donors (Lipinski definition) is 1. The number of piperazine rings is 1. The maximum Gasteiger partial charge on any atom is 0.241 e. The number of carbonyl (C=O) groups excluding carboxylic acids is 1. The number of sulfone groups is 1. The van der Waals surface area contributed by atoms with Crippen molar-refractivity contribution in [3.8, 4) is 0 Å². The van der Waals surface area contributed by atoms with Crippen molar-refractivity contribution in [1.82, 2.24) is 15.1 Å². The van der Waals surface area contributed by atoms with E-state index < -0.39 is 15.2 Å². The second-order valence-electron chi connectivity index (χ2n) is 6.69. The standard InChI is InChI=1S/C18H27N3O3S/c1-2-20-12-7-6-10-16(20)18(22)21-13-11-19-14-17(21)25(23,24)15-8-4-3-5-9-15/h3-5,8-9,16-17,19H,2,6-7,10-14H2,1H3/t16-,17?/m0/s1. The highest BCUT2D eigenvalue weighted by Gasteiger charge is 2.41. The quantitative estimate of drug-likeness (QED) is 0.865. The van der Waals surface area contributed by atoms with Crippen LogP contribution in [-0.2, 0) is 14.6 Å². The van der Waals surface area contributed by atoms with Gasteiger partial charge in [-0.25, -0.2) is 8.42 Å². The summed E-state index contributed by atoms with van der Waals surface area (Å²) >= 11 is 0. The van der Waals surface area contributed by atoms with Crippen LogP contribution in [0.3, 0.4) is 0 Å². The van der Waals surface area contributed by atoms with Gasteiger partial charge in [0.2, 0.25) is 15.7 Å². The first-order chi connectivity index (χ1) is 12.1. The van der Waals surface area contributed by atoms with E-state index in [1.165, 1.54) is 0 Å². The summed E-state index contributed by atoms with van der Waals surface area (Å²) in [7, 11) is -3.60.